The summed E-state index contributed by atoms with van der Waals surface area (Å²) in [5, 5.41) is 2.92. The van der Waals surface area contributed by atoms with E-state index in [0.717, 1.165) is 37.5 Å². The van der Waals surface area contributed by atoms with Crippen LogP contribution in [0.15, 0.2) is 18.2 Å². The summed E-state index contributed by atoms with van der Waals surface area (Å²) in [5.74, 6) is 0.980. The number of carbonyl (C=O) groups excluding carboxylic acids is 1. The van der Waals surface area contributed by atoms with Crippen molar-refractivity contribution >= 4 is 15.9 Å². The molecule has 0 aromatic heterocycles. The van der Waals surface area contributed by atoms with Gasteiger partial charge in [0.2, 0.25) is 22.7 Å². The van der Waals surface area contributed by atoms with Crippen LogP contribution < -0.4 is 14.8 Å². The van der Waals surface area contributed by atoms with Crippen molar-refractivity contribution in [3.8, 4) is 11.5 Å². The van der Waals surface area contributed by atoms with Gasteiger partial charge < -0.3 is 14.8 Å². The number of benzene rings is 1. The first-order valence-corrected chi connectivity index (χ1v) is 9.89. The van der Waals surface area contributed by atoms with E-state index in [0.29, 0.717) is 11.5 Å². The molecule has 0 atom stereocenters. The molecular weight excluding hydrogens is 332 g/mol. The van der Waals surface area contributed by atoms with E-state index >= 15 is 0 Å². The molecule has 8 heteroatoms. The standard InChI is InChI=1S/C16H22N2O5S/c1-24(20,21)18(10-16(19)17-13-4-2-3-5-13)9-12-6-7-14-15(8-12)23-11-22-14/h6-8,13H,2-5,9-11H2,1H3,(H,17,19). The summed E-state index contributed by atoms with van der Waals surface area (Å²) in [7, 11) is -3.51. The average molecular weight is 354 g/mol. The molecule has 1 aliphatic carbocycles. The summed E-state index contributed by atoms with van der Waals surface area (Å²) in [6, 6.07) is 5.44. The van der Waals surface area contributed by atoms with E-state index in [1.54, 1.807) is 18.2 Å². The Balaban J connectivity index is 1.66. The van der Waals surface area contributed by atoms with Crippen LogP contribution in [0.5, 0.6) is 11.5 Å². The van der Waals surface area contributed by atoms with Gasteiger partial charge in [0.1, 0.15) is 0 Å². The monoisotopic (exact) mass is 354 g/mol. The molecule has 7 nitrogen and oxygen atoms in total. The molecule has 132 valence electrons. The molecule has 0 unspecified atom stereocenters. The largest absolute Gasteiger partial charge is 0.454 e. The maximum atomic E-state index is 12.2. The lowest BCUT2D eigenvalue weighted by atomic mass is 10.2. The van der Waals surface area contributed by atoms with Crippen molar-refractivity contribution < 1.29 is 22.7 Å². The molecule has 2 aliphatic rings. The zero-order valence-corrected chi connectivity index (χ0v) is 14.5. The van der Waals surface area contributed by atoms with Gasteiger partial charge >= 0.3 is 0 Å². The van der Waals surface area contributed by atoms with Gasteiger partial charge in [0.25, 0.3) is 0 Å². The number of rotatable bonds is 6. The molecule has 1 fully saturated rings. The third kappa shape index (κ3) is 4.18. The summed E-state index contributed by atoms with van der Waals surface area (Å²) in [4.78, 5) is 12.2. The first kappa shape index (κ1) is 17.0. The minimum absolute atomic E-state index is 0.119. The molecule has 1 N–H and O–H groups in total. The second kappa shape index (κ2) is 6.98. The van der Waals surface area contributed by atoms with E-state index in [1.165, 1.54) is 4.31 Å². The number of carbonyl (C=O) groups is 1. The van der Waals surface area contributed by atoms with Crippen molar-refractivity contribution in [3.63, 3.8) is 0 Å². The Morgan fingerprint density at radius 3 is 2.67 bits per heavy atom. The summed E-state index contributed by atoms with van der Waals surface area (Å²) in [6.45, 7) is 0.107. The second-order valence-corrected chi connectivity index (χ2v) is 8.25. The summed E-state index contributed by atoms with van der Waals surface area (Å²) >= 11 is 0. The fourth-order valence-corrected chi connectivity index (χ4v) is 3.77. The third-order valence-corrected chi connectivity index (χ3v) is 5.50. The number of fused-ring (bicyclic) bond motifs is 1. The van der Waals surface area contributed by atoms with Crippen LogP contribution in [0, 0.1) is 0 Å². The number of sulfonamides is 1. The van der Waals surface area contributed by atoms with Gasteiger partial charge in [-0.25, -0.2) is 8.42 Å². The topological polar surface area (TPSA) is 84.9 Å². The van der Waals surface area contributed by atoms with Gasteiger partial charge in [0, 0.05) is 12.6 Å². The molecule has 1 aliphatic heterocycles. The van der Waals surface area contributed by atoms with E-state index in [-0.39, 0.29) is 31.8 Å². The van der Waals surface area contributed by atoms with Crippen LogP contribution in [0.3, 0.4) is 0 Å². The van der Waals surface area contributed by atoms with E-state index < -0.39 is 10.0 Å². The number of nitrogens with one attached hydrogen (secondary N) is 1. The number of hydrogen-bond acceptors (Lipinski definition) is 5. The van der Waals surface area contributed by atoms with Crippen molar-refractivity contribution in [2.75, 3.05) is 19.6 Å². The highest BCUT2D eigenvalue weighted by Crippen LogP contribution is 2.32. The molecule has 1 amide bonds. The van der Waals surface area contributed by atoms with E-state index in [1.807, 2.05) is 0 Å². The summed E-state index contributed by atoms with van der Waals surface area (Å²) in [5.41, 5.74) is 0.748. The Morgan fingerprint density at radius 1 is 1.25 bits per heavy atom. The maximum absolute atomic E-state index is 12.2. The normalized spacial score (nSPS) is 17.4. The molecule has 0 radical (unpaired) electrons. The quantitative estimate of drug-likeness (QED) is 0.831. The zero-order chi connectivity index (χ0) is 17.2. The molecule has 1 heterocycles. The molecule has 0 spiro atoms. The van der Waals surface area contributed by atoms with Crippen molar-refractivity contribution in [3.05, 3.63) is 23.8 Å². The van der Waals surface area contributed by atoms with Crippen LogP contribution in [0.25, 0.3) is 0 Å². The van der Waals surface area contributed by atoms with E-state index in [9.17, 15) is 13.2 Å². The van der Waals surface area contributed by atoms with Crippen LogP contribution in [-0.2, 0) is 21.4 Å². The molecule has 24 heavy (non-hydrogen) atoms. The van der Waals surface area contributed by atoms with Crippen molar-refractivity contribution in [2.45, 2.75) is 38.3 Å². The fraction of sp³-hybridized carbons (Fsp3) is 0.562. The molecule has 0 saturated heterocycles. The van der Waals surface area contributed by atoms with Gasteiger partial charge in [-0.2, -0.15) is 4.31 Å². The van der Waals surface area contributed by atoms with Gasteiger partial charge in [-0.05, 0) is 30.5 Å². The van der Waals surface area contributed by atoms with E-state index in [2.05, 4.69) is 5.32 Å². The Bertz CT molecular complexity index is 713. The summed E-state index contributed by atoms with van der Waals surface area (Å²) < 4.78 is 35.8. The first-order valence-electron chi connectivity index (χ1n) is 8.05. The minimum Gasteiger partial charge on any atom is -0.454 e. The number of amides is 1. The van der Waals surface area contributed by atoms with Crippen LogP contribution >= 0.6 is 0 Å². The lowest BCUT2D eigenvalue weighted by Crippen LogP contribution is -2.42. The highest BCUT2D eigenvalue weighted by molar-refractivity contribution is 7.88. The van der Waals surface area contributed by atoms with Crippen LogP contribution in [0.2, 0.25) is 0 Å². The van der Waals surface area contributed by atoms with Crippen LogP contribution in [0.4, 0.5) is 0 Å². The van der Waals surface area contributed by atoms with Gasteiger partial charge in [0.15, 0.2) is 11.5 Å². The molecule has 3 rings (SSSR count). The fourth-order valence-electron chi connectivity index (χ4n) is 3.04. The van der Waals surface area contributed by atoms with Crippen molar-refractivity contribution in [2.24, 2.45) is 0 Å². The van der Waals surface area contributed by atoms with Crippen molar-refractivity contribution in [1.29, 1.82) is 0 Å². The second-order valence-electron chi connectivity index (χ2n) is 6.27. The van der Waals surface area contributed by atoms with Crippen molar-refractivity contribution in [1.82, 2.24) is 9.62 Å². The Labute approximate surface area is 142 Å². The highest BCUT2D eigenvalue weighted by Gasteiger charge is 2.24. The van der Waals surface area contributed by atoms with Crippen LogP contribution in [0.1, 0.15) is 31.2 Å². The zero-order valence-electron chi connectivity index (χ0n) is 13.7. The third-order valence-electron chi connectivity index (χ3n) is 4.31. The number of hydrogen-bond donors (Lipinski definition) is 1. The van der Waals surface area contributed by atoms with Gasteiger partial charge in [-0.3, -0.25) is 4.79 Å². The number of ether oxygens (including phenoxy) is 2. The molecule has 1 aromatic carbocycles. The SMILES string of the molecule is CS(=O)(=O)N(CC(=O)NC1CCCC1)Cc1ccc2c(c1)OCO2. The minimum atomic E-state index is -3.51. The van der Waals surface area contributed by atoms with Gasteiger partial charge in [-0.1, -0.05) is 18.9 Å². The maximum Gasteiger partial charge on any atom is 0.235 e. The van der Waals surface area contributed by atoms with Crippen LogP contribution in [-0.4, -0.2) is 44.3 Å². The summed E-state index contributed by atoms with van der Waals surface area (Å²) in [6.07, 6.45) is 5.26. The number of nitrogens with zero attached hydrogens (tertiary/aromatic N) is 1. The van der Waals surface area contributed by atoms with E-state index in [4.69, 9.17) is 9.47 Å². The molecular formula is C16H22N2O5S. The lowest BCUT2D eigenvalue weighted by Gasteiger charge is -2.21. The predicted molar refractivity (Wildman–Crippen MR) is 88.2 cm³/mol. The molecule has 1 aromatic rings. The molecule has 1 saturated carbocycles. The Kier molecular flexibility index (Phi) is 4.96. The average Bonchev–Trinajstić information content (AvgIpc) is 3.16. The van der Waals surface area contributed by atoms with Gasteiger partial charge in [0.05, 0.1) is 12.8 Å². The lowest BCUT2D eigenvalue weighted by molar-refractivity contribution is -0.122. The smallest absolute Gasteiger partial charge is 0.235 e. The molecule has 0 bridgehead atoms. The Morgan fingerprint density at radius 2 is 1.96 bits per heavy atom. The Hall–Kier alpha value is -1.80. The first-order chi connectivity index (χ1) is 11.4. The highest BCUT2D eigenvalue weighted by atomic mass is 32.2. The van der Waals surface area contributed by atoms with Gasteiger partial charge in [-0.15, -0.1) is 0 Å². The predicted octanol–water partition coefficient (Wildman–Crippen LogP) is 1.24.